The van der Waals surface area contributed by atoms with Gasteiger partial charge in [-0.05, 0) is 32.4 Å². The van der Waals surface area contributed by atoms with Crippen LogP contribution >= 0.6 is 11.8 Å². The predicted octanol–water partition coefficient (Wildman–Crippen LogP) is 1.76. The van der Waals surface area contributed by atoms with E-state index in [9.17, 15) is 9.59 Å². The van der Waals surface area contributed by atoms with Crippen LogP contribution in [0.15, 0.2) is 29.2 Å². The van der Waals surface area contributed by atoms with E-state index in [0.29, 0.717) is 0 Å². The molecule has 0 unspecified atom stereocenters. The number of nitrogens with one attached hydrogen (secondary N) is 1. The largest absolute Gasteiger partial charge is 0.347 e. The molecule has 0 saturated heterocycles. The maximum Gasteiger partial charge on any atom is 0.239 e. The molecule has 0 aromatic heterocycles. The van der Waals surface area contributed by atoms with Crippen LogP contribution < -0.4 is 5.32 Å². The lowest BCUT2D eigenvalue weighted by molar-refractivity contribution is -0.133. The van der Waals surface area contributed by atoms with E-state index in [-0.39, 0.29) is 24.4 Å². The van der Waals surface area contributed by atoms with Gasteiger partial charge >= 0.3 is 0 Å². The Labute approximate surface area is 130 Å². The Hall–Kier alpha value is -1.53. The van der Waals surface area contributed by atoms with Crippen LogP contribution in [0.25, 0.3) is 0 Å². The first-order chi connectivity index (χ1) is 9.86. The molecular formula is C15H23N3O2S. The van der Waals surface area contributed by atoms with Crippen LogP contribution in [0, 0.1) is 0 Å². The molecule has 1 N–H and O–H groups in total. The third kappa shape index (κ3) is 5.06. The van der Waals surface area contributed by atoms with E-state index in [1.807, 2.05) is 30.5 Å². The summed E-state index contributed by atoms with van der Waals surface area (Å²) in [6.07, 6.45) is 1.97. The molecule has 21 heavy (non-hydrogen) atoms. The SMILES string of the molecule is CSc1ccccc1NC(=O)CN(C)[C@H](C)C(=O)N(C)C. The molecule has 0 saturated carbocycles. The van der Waals surface area contributed by atoms with Crippen LogP contribution in [-0.4, -0.2) is 61.6 Å². The number of likely N-dealkylation sites (N-methyl/N-ethyl adjacent to an activating group) is 2. The summed E-state index contributed by atoms with van der Waals surface area (Å²) in [4.78, 5) is 28.3. The number of hydrogen-bond acceptors (Lipinski definition) is 4. The van der Waals surface area contributed by atoms with Gasteiger partial charge in [0.25, 0.3) is 0 Å². The van der Waals surface area contributed by atoms with Crippen molar-refractivity contribution in [1.82, 2.24) is 9.80 Å². The molecular weight excluding hydrogens is 286 g/mol. The van der Waals surface area contributed by atoms with Crippen LogP contribution in [0.1, 0.15) is 6.92 Å². The number of amides is 2. The normalized spacial score (nSPS) is 12.1. The van der Waals surface area contributed by atoms with Crippen LogP contribution in [0.4, 0.5) is 5.69 Å². The van der Waals surface area contributed by atoms with Crippen molar-refractivity contribution in [2.24, 2.45) is 0 Å². The summed E-state index contributed by atoms with van der Waals surface area (Å²) in [5, 5.41) is 2.89. The van der Waals surface area contributed by atoms with Gasteiger partial charge in [-0.3, -0.25) is 14.5 Å². The third-order valence-corrected chi connectivity index (χ3v) is 4.03. The molecule has 0 fully saturated rings. The Bertz CT molecular complexity index is 505. The number of nitrogens with zero attached hydrogens (tertiary/aromatic N) is 2. The second-order valence-electron chi connectivity index (χ2n) is 5.07. The first kappa shape index (κ1) is 17.5. The van der Waals surface area contributed by atoms with E-state index in [2.05, 4.69) is 5.32 Å². The highest BCUT2D eigenvalue weighted by Crippen LogP contribution is 2.24. The van der Waals surface area contributed by atoms with Gasteiger partial charge in [0.2, 0.25) is 11.8 Å². The molecule has 0 heterocycles. The molecule has 0 aliphatic carbocycles. The summed E-state index contributed by atoms with van der Waals surface area (Å²) in [7, 11) is 5.19. The molecule has 116 valence electrons. The van der Waals surface area contributed by atoms with Crippen LogP contribution in [0.5, 0.6) is 0 Å². The number of anilines is 1. The van der Waals surface area contributed by atoms with E-state index in [0.717, 1.165) is 10.6 Å². The Morgan fingerprint density at radius 1 is 1.24 bits per heavy atom. The van der Waals surface area contributed by atoms with Crippen molar-refractivity contribution in [3.8, 4) is 0 Å². The van der Waals surface area contributed by atoms with Crippen molar-refractivity contribution in [3.05, 3.63) is 24.3 Å². The van der Waals surface area contributed by atoms with Gasteiger partial charge in [0.15, 0.2) is 0 Å². The zero-order valence-electron chi connectivity index (χ0n) is 13.2. The first-order valence-electron chi connectivity index (χ1n) is 6.71. The molecule has 1 rings (SSSR count). The predicted molar refractivity (Wildman–Crippen MR) is 87.6 cm³/mol. The standard InChI is InChI=1S/C15H23N3O2S/c1-11(15(20)17(2)3)18(4)10-14(19)16-12-8-6-7-9-13(12)21-5/h6-9,11H,10H2,1-5H3,(H,16,19)/t11-/m1/s1. The quantitative estimate of drug-likeness (QED) is 0.814. The van der Waals surface area contributed by atoms with Gasteiger partial charge in [-0.25, -0.2) is 0 Å². The van der Waals surface area contributed by atoms with Crippen molar-refractivity contribution in [3.63, 3.8) is 0 Å². The van der Waals surface area contributed by atoms with Gasteiger partial charge in [-0.1, -0.05) is 12.1 Å². The van der Waals surface area contributed by atoms with Crippen molar-refractivity contribution in [2.75, 3.05) is 39.3 Å². The number of carbonyl (C=O) groups is 2. The zero-order valence-corrected chi connectivity index (χ0v) is 14.0. The average Bonchev–Trinajstić information content (AvgIpc) is 2.45. The first-order valence-corrected chi connectivity index (χ1v) is 7.93. The third-order valence-electron chi connectivity index (χ3n) is 3.23. The average molecular weight is 309 g/mol. The minimum Gasteiger partial charge on any atom is -0.347 e. The van der Waals surface area contributed by atoms with E-state index < -0.39 is 0 Å². The van der Waals surface area contributed by atoms with Gasteiger partial charge in [0, 0.05) is 19.0 Å². The zero-order chi connectivity index (χ0) is 16.0. The van der Waals surface area contributed by atoms with Gasteiger partial charge in [0.1, 0.15) is 0 Å². The smallest absolute Gasteiger partial charge is 0.239 e. The lowest BCUT2D eigenvalue weighted by atomic mass is 10.2. The van der Waals surface area contributed by atoms with Crippen LogP contribution in [-0.2, 0) is 9.59 Å². The number of rotatable bonds is 6. The van der Waals surface area contributed by atoms with Crippen LogP contribution in [0.3, 0.4) is 0 Å². The Kier molecular flexibility index (Phi) is 6.71. The van der Waals surface area contributed by atoms with Crippen molar-refractivity contribution in [1.29, 1.82) is 0 Å². The monoisotopic (exact) mass is 309 g/mol. The Morgan fingerprint density at radius 2 is 1.86 bits per heavy atom. The van der Waals surface area contributed by atoms with Crippen molar-refractivity contribution in [2.45, 2.75) is 17.9 Å². The fourth-order valence-electron chi connectivity index (χ4n) is 1.86. The van der Waals surface area contributed by atoms with Crippen molar-refractivity contribution < 1.29 is 9.59 Å². The van der Waals surface area contributed by atoms with Crippen molar-refractivity contribution >= 4 is 29.3 Å². The summed E-state index contributed by atoms with van der Waals surface area (Å²) < 4.78 is 0. The van der Waals surface area contributed by atoms with Gasteiger partial charge in [0.05, 0.1) is 18.3 Å². The van der Waals surface area contributed by atoms with Crippen LogP contribution in [0.2, 0.25) is 0 Å². The molecule has 0 aliphatic rings. The number of para-hydroxylation sites is 1. The Morgan fingerprint density at radius 3 is 2.43 bits per heavy atom. The number of hydrogen-bond donors (Lipinski definition) is 1. The van der Waals surface area contributed by atoms with E-state index in [1.165, 1.54) is 4.90 Å². The molecule has 0 bridgehead atoms. The highest BCUT2D eigenvalue weighted by molar-refractivity contribution is 7.98. The fourth-order valence-corrected chi connectivity index (χ4v) is 2.42. The molecule has 1 aromatic rings. The minimum absolute atomic E-state index is 0.0187. The summed E-state index contributed by atoms with van der Waals surface area (Å²) in [5.41, 5.74) is 0.801. The van der Waals surface area contributed by atoms with E-state index >= 15 is 0 Å². The molecule has 1 aromatic carbocycles. The molecule has 2 amide bonds. The minimum atomic E-state index is -0.332. The molecule has 0 spiro atoms. The summed E-state index contributed by atoms with van der Waals surface area (Å²) >= 11 is 1.58. The lowest BCUT2D eigenvalue weighted by Gasteiger charge is -2.25. The molecule has 5 nitrogen and oxygen atoms in total. The maximum atomic E-state index is 12.1. The number of benzene rings is 1. The second kappa shape index (κ2) is 8.05. The highest BCUT2D eigenvalue weighted by atomic mass is 32.2. The molecule has 0 aliphatic heterocycles. The maximum absolute atomic E-state index is 12.1. The highest BCUT2D eigenvalue weighted by Gasteiger charge is 2.21. The summed E-state index contributed by atoms with van der Waals surface area (Å²) in [6.45, 7) is 1.97. The fraction of sp³-hybridized carbons (Fsp3) is 0.467. The summed E-state index contributed by atoms with van der Waals surface area (Å²) in [6, 6.07) is 7.32. The number of thioether (sulfide) groups is 1. The number of carbonyl (C=O) groups excluding carboxylic acids is 2. The summed E-state index contributed by atoms with van der Waals surface area (Å²) in [5.74, 6) is -0.146. The van der Waals surface area contributed by atoms with E-state index in [4.69, 9.17) is 0 Å². The molecule has 0 radical (unpaired) electrons. The van der Waals surface area contributed by atoms with E-state index in [1.54, 1.807) is 44.7 Å². The van der Waals surface area contributed by atoms with Gasteiger partial charge in [-0.15, -0.1) is 11.8 Å². The Balaban J connectivity index is 2.63. The molecule has 1 atom stereocenters. The molecule has 6 heteroatoms. The van der Waals surface area contributed by atoms with Gasteiger partial charge < -0.3 is 10.2 Å². The second-order valence-corrected chi connectivity index (χ2v) is 5.92. The topological polar surface area (TPSA) is 52.7 Å². The van der Waals surface area contributed by atoms with Gasteiger partial charge in [-0.2, -0.15) is 0 Å². The lowest BCUT2D eigenvalue weighted by Crippen LogP contribution is -2.45.